The van der Waals surface area contributed by atoms with Gasteiger partial charge in [-0.25, -0.2) is 4.79 Å². The van der Waals surface area contributed by atoms with Gasteiger partial charge in [-0.2, -0.15) is 0 Å². The van der Waals surface area contributed by atoms with Crippen LogP contribution in [-0.2, 0) is 14.3 Å². The molecule has 0 heterocycles. The second-order valence-electron chi connectivity index (χ2n) is 5.59. The number of esters is 1. The van der Waals surface area contributed by atoms with E-state index in [0.717, 1.165) is 5.56 Å². The van der Waals surface area contributed by atoms with Crippen molar-refractivity contribution in [1.82, 2.24) is 0 Å². The Balaban J connectivity index is 1.91. The van der Waals surface area contributed by atoms with E-state index in [4.69, 9.17) is 16.3 Å². The molecule has 0 aliphatic rings. The van der Waals surface area contributed by atoms with E-state index in [1.165, 1.54) is 19.9 Å². The number of benzene rings is 2. The fourth-order valence-electron chi connectivity index (χ4n) is 2.07. The number of carbonyl (C=O) groups is 3. The lowest BCUT2D eigenvalue weighted by Gasteiger charge is -2.12. The molecule has 2 aromatic rings. The first kappa shape index (κ1) is 19.4. The van der Waals surface area contributed by atoms with Crippen molar-refractivity contribution in [2.24, 2.45) is 0 Å². The minimum atomic E-state index is -0.988. The molecule has 0 bridgehead atoms. The summed E-state index contributed by atoms with van der Waals surface area (Å²) in [6.07, 6.45) is 1.82. The van der Waals surface area contributed by atoms with Gasteiger partial charge in [-0.3, -0.25) is 9.59 Å². The number of hydrogen-bond donors (Lipinski definition) is 1. The van der Waals surface area contributed by atoms with Crippen LogP contribution >= 0.6 is 11.6 Å². The summed E-state index contributed by atoms with van der Waals surface area (Å²) in [6.45, 7) is 2.91. The fraction of sp³-hybridized carbons (Fsp3) is 0.150. The Bertz CT molecular complexity index is 843. The maximum atomic E-state index is 12.1. The minimum Gasteiger partial charge on any atom is -0.449 e. The van der Waals surface area contributed by atoms with Crippen molar-refractivity contribution in [3.63, 3.8) is 0 Å². The molecule has 2 rings (SSSR count). The summed E-state index contributed by atoms with van der Waals surface area (Å²) in [5, 5.41) is 3.22. The van der Waals surface area contributed by atoms with Crippen molar-refractivity contribution in [3.8, 4) is 0 Å². The van der Waals surface area contributed by atoms with E-state index in [2.05, 4.69) is 5.32 Å². The van der Waals surface area contributed by atoms with Crippen LogP contribution in [0.1, 0.15) is 29.8 Å². The highest BCUT2D eigenvalue weighted by Gasteiger charge is 2.17. The fourth-order valence-corrected chi connectivity index (χ4v) is 2.19. The van der Waals surface area contributed by atoms with Crippen molar-refractivity contribution < 1.29 is 19.1 Å². The van der Waals surface area contributed by atoms with E-state index in [9.17, 15) is 14.4 Å². The molecule has 2 aromatic carbocycles. The maximum Gasteiger partial charge on any atom is 0.331 e. The average molecular weight is 372 g/mol. The summed E-state index contributed by atoms with van der Waals surface area (Å²) in [5.74, 6) is -1.23. The number of halogens is 1. The molecule has 134 valence electrons. The molecule has 6 heteroatoms. The third-order valence-corrected chi connectivity index (χ3v) is 3.73. The predicted octanol–water partition coefficient (Wildman–Crippen LogP) is 4.13. The van der Waals surface area contributed by atoms with Gasteiger partial charge in [0, 0.05) is 22.3 Å². The lowest BCUT2D eigenvalue weighted by molar-refractivity contribution is -0.148. The first-order valence-corrected chi connectivity index (χ1v) is 8.29. The van der Waals surface area contributed by atoms with Gasteiger partial charge < -0.3 is 10.1 Å². The van der Waals surface area contributed by atoms with Gasteiger partial charge >= 0.3 is 5.97 Å². The molecule has 0 radical (unpaired) electrons. The molecule has 0 aromatic heterocycles. The van der Waals surface area contributed by atoms with E-state index < -0.39 is 18.0 Å². The van der Waals surface area contributed by atoms with Crippen LogP contribution in [0, 0.1) is 0 Å². The Morgan fingerprint density at radius 3 is 2.46 bits per heavy atom. The van der Waals surface area contributed by atoms with Gasteiger partial charge in [0.1, 0.15) is 0 Å². The number of anilines is 1. The highest BCUT2D eigenvalue weighted by atomic mass is 35.5. The first-order chi connectivity index (χ1) is 12.3. The molecule has 5 nitrogen and oxygen atoms in total. The topological polar surface area (TPSA) is 72.5 Å². The van der Waals surface area contributed by atoms with Crippen LogP contribution in [0.5, 0.6) is 0 Å². The zero-order valence-corrected chi connectivity index (χ0v) is 15.1. The SMILES string of the molecule is CC(=O)c1cccc(NC(=O)[C@@H](C)OC(=O)/C=C/c2ccc(Cl)cc2)c1. The van der Waals surface area contributed by atoms with Gasteiger partial charge in [-0.05, 0) is 49.8 Å². The molecule has 1 N–H and O–H groups in total. The highest BCUT2D eigenvalue weighted by Crippen LogP contribution is 2.13. The smallest absolute Gasteiger partial charge is 0.331 e. The number of hydrogen-bond acceptors (Lipinski definition) is 4. The van der Waals surface area contributed by atoms with Crippen molar-refractivity contribution in [2.75, 3.05) is 5.32 Å². The Morgan fingerprint density at radius 2 is 1.81 bits per heavy atom. The number of amides is 1. The van der Waals surface area contributed by atoms with E-state index in [-0.39, 0.29) is 5.78 Å². The molecule has 0 fully saturated rings. The van der Waals surface area contributed by atoms with Crippen LogP contribution < -0.4 is 5.32 Å². The second kappa shape index (κ2) is 8.97. The summed E-state index contributed by atoms with van der Waals surface area (Å²) >= 11 is 5.79. The number of nitrogens with one attached hydrogen (secondary N) is 1. The average Bonchev–Trinajstić information content (AvgIpc) is 2.61. The molecule has 0 aliphatic carbocycles. The maximum absolute atomic E-state index is 12.1. The number of rotatable bonds is 6. The standard InChI is InChI=1S/C20H18ClNO4/c1-13(23)16-4-3-5-18(12-16)22-20(25)14(2)26-19(24)11-8-15-6-9-17(21)10-7-15/h3-12,14H,1-2H3,(H,22,25)/b11-8+/t14-/m1/s1. The van der Waals surface area contributed by atoms with Gasteiger partial charge in [0.05, 0.1) is 0 Å². The van der Waals surface area contributed by atoms with E-state index in [1.54, 1.807) is 54.6 Å². The Kier molecular flexibility index (Phi) is 6.69. The molecule has 0 saturated heterocycles. The highest BCUT2D eigenvalue weighted by molar-refractivity contribution is 6.30. The van der Waals surface area contributed by atoms with Gasteiger partial charge in [-0.15, -0.1) is 0 Å². The van der Waals surface area contributed by atoms with Crippen LogP contribution in [0.4, 0.5) is 5.69 Å². The Labute approximate surface area is 156 Å². The van der Waals surface area contributed by atoms with Crippen molar-refractivity contribution in [1.29, 1.82) is 0 Å². The van der Waals surface area contributed by atoms with Gasteiger partial charge in [0.2, 0.25) is 0 Å². The predicted molar refractivity (Wildman–Crippen MR) is 101 cm³/mol. The summed E-state index contributed by atoms with van der Waals surface area (Å²) in [4.78, 5) is 35.3. The van der Waals surface area contributed by atoms with Crippen molar-refractivity contribution in [2.45, 2.75) is 20.0 Å². The molecule has 0 aliphatic heterocycles. The third kappa shape index (κ3) is 5.86. The van der Waals surface area contributed by atoms with Crippen LogP contribution in [0.15, 0.2) is 54.6 Å². The zero-order chi connectivity index (χ0) is 19.1. The third-order valence-electron chi connectivity index (χ3n) is 3.48. The minimum absolute atomic E-state index is 0.104. The molecular formula is C20H18ClNO4. The normalized spacial score (nSPS) is 11.8. The molecule has 1 amide bonds. The number of Topliss-reactive ketones (excluding diaryl/α,β-unsaturated/α-hetero) is 1. The quantitative estimate of drug-likeness (QED) is 0.471. The molecule has 0 spiro atoms. The first-order valence-electron chi connectivity index (χ1n) is 7.91. The molecule has 1 atom stereocenters. The van der Waals surface area contributed by atoms with Crippen LogP contribution in [0.2, 0.25) is 5.02 Å². The van der Waals surface area contributed by atoms with Crippen molar-refractivity contribution >= 4 is 41.0 Å². The lowest BCUT2D eigenvalue weighted by atomic mass is 10.1. The van der Waals surface area contributed by atoms with Crippen LogP contribution in [0.25, 0.3) is 6.08 Å². The van der Waals surface area contributed by atoms with Gasteiger partial charge in [-0.1, -0.05) is 35.9 Å². The molecule has 0 saturated carbocycles. The monoisotopic (exact) mass is 371 g/mol. The Hall–Kier alpha value is -2.92. The van der Waals surface area contributed by atoms with Gasteiger partial charge in [0.25, 0.3) is 5.91 Å². The second-order valence-corrected chi connectivity index (χ2v) is 6.03. The largest absolute Gasteiger partial charge is 0.449 e. The molecule has 0 unspecified atom stereocenters. The van der Waals surface area contributed by atoms with Crippen molar-refractivity contribution in [3.05, 3.63) is 70.8 Å². The van der Waals surface area contributed by atoms with Crippen LogP contribution in [-0.4, -0.2) is 23.8 Å². The van der Waals surface area contributed by atoms with E-state index in [0.29, 0.717) is 16.3 Å². The van der Waals surface area contributed by atoms with Crippen LogP contribution in [0.3, 0.4) is 0 Å². The summed E-state index contributed by atoms with van der Waals surface area (Å²) in [7, 11) is 0. The number of ketones is 1. The lowest BCUT2D eigenvalue weighted by Crippen LogP contribution is -2.29. The molecule has 26 heavy (non-hydrogen) atoms. The van der Waals surface area contributed by atoms with Gasteiger partial charge in [0.15, 0.2) is 11.9 Å². The summed E-state index contributed by atoms with van der Waals surface area (Å²) < 4.78 is 5.08. The summed E-state index contributed by atoms with van der Waals surface area (Å²) in [6, 6.07) is 13.5. The molecular weight excluding hydrogens is 354 g/mol. The van der Waals surface area contributed by atoms with E-state index in [1.807, 2.05) is 0 Å². The summed E-state index contributed by atoms with van der Waals surface area (Å²) in [5.41, 5.74) is 1.73. The van der Waals surface area contributed by atoms with E-state index >= 15 is 0 Å². The Morgan fingerprint density at radius 1 is 1.12 bits per heavy atom. The number of carbonyl (C=O) groups excluding carboxylic acids is 3. The zero-order valence-electron chi connectivity index (χ0n) is 14.4. The number of ether oxygens (including phenoxy) is 1.